The van der Waals surface area contributed by atoms with Crippen LogP contribution in [0.4, 0.5) is 0 Å². The lowest BCUT2D eigenvalue weighted by atomic mass is 9.98. The van der Waals surface area contributed by atoms with Crippen molar-refractivity contribution in [3.8, 4) is 21.7 Å². The van der Waals surface area contributed by atoms with Crippen LogP contribution in [-0.2, 0) is 13.0 Å². The van der Waals surface area contributed by atoms with E-state index in [-0.39, 0.29) is 23.9 Å². The number of nitrogens with one attached hydrogen (secondary N) is 1. The second-order valence-electron chi connectivity index (χ2n) is 7.45. The number of amides is 1. The van der Waals surface area contributed by atoms with Crippen molar-refractivity contribution in [1.82, 2.24) is 14.8 Å². The van der Waals surface area contributed by atoms with Crippen molar-refractivity contribution < 1.29 is 4.79 Å². The topological polar surface area (TPSA) is 54.3 Å². The number of pyridine rings is 1. The fourth-order valence-corrected chi connectivity index (χ4v) is 5.08. The fraction of sp³-hybridized carbons (Fsp3) is 0.333. The van der Waals surface area contributed by atoms with Gasteiger partial charge in [0.2, 0.25) is 0 Å². The second-order valence-corrected chi connectivity index (χ2v) is 8.37. The monoisotopic (exact) mass is 457 g/mol. The molecule has 31 heavy (non-hydrogen) atoms. The maximum Gasteiger partial charge on any atom is 0.258 e. The predicted octanol–water partition coefficient (Wildman–Crippen LogP) is 4.29. The Kier molecular flexibility index (Phi) is 7.70. The molecule has 0 unspecified atom stereocenters. The molecule has 1 aromatic carbocycles. The van der Waals surface area contributed by atoms with E-state index in [0.717, 1.165) is 42.2 Å². The van der Waals surface area contributed by atoms with Gasteiger partial charge in [0.25, 0.3) is 11.5 Å². The minimum atomic E-state index is -0.121. The van der Waals surface area contributed by atoms with Crippen LogP contribution >= 0.6 is 23.7 Å². The third-order valence-corrected chi connectivity index (χ3v) is 6.76. The quantitative estimate of drug-likeness (QED) is 0.575. The molecule has 0 fully saturated rings. The zero-order valence-electron chi connectivity index (χ0n) is 17.9. The van der Waals surface area contributed by atoms with Crippen LogP contribution in [0.15, 0.2) is 52.6 Å². The summed E-state index contributed by atoms with van der Waals surface area (Å²) in [5.74, 6) is -0.121. The molecule has 0 aliphatic carbocycles. The minimum Gasteiger partial charge on any atom is -0.351 e. The van der Waals surface area contributed by atoms with Gasteiger partial charge < -0.3 is 14.8 Å². The Morgan fingerprint density at radius 2 is 1.90 bits per heavy atom. The molecule has 5 nitrogen and oxygen atoms in total. The molecule has 0 bridgehead atoms. The van der Waals surface area contributed by atoms with Gasteiger partial charge in [-0.15, -0.1) is 23.7 Å². The Bertz CT molecular complexity index is 1100. The smallest absolute Gasteiger partial charge is 0.258 e. The average Bonchev–Trinajstić information content (AvgIpc) is 3.26. The van der Waals surface area contributed by atoms with Gasteiger partial charge in [-0.2, -0.15) is 0 Å². The van der Waals surface area contributed by atoms with Crippen LogP contribution in [0.5, 0.6) is 0 Å². The van der Waals surface area contributed by atoms with E-state index < -0.39 is 0 Å². The number of benzene rings is 1. The van der Waals surface area contributed by atoms with E-state index in [1.165, 1.54) is 5.56 Å². The van der Waals surface area contributed by atoms with Gasteiger partial charge in [0.05, 0.1) is 16.1 Å². The van der Waals surface area contributed by atoms with Crippen LogP contribution in [-0.4, -0.2) is 41.6 Å². The Labute approximate surface area is 193 Å². The fourth-order valence-electron chi connectivity index (χ4n) is 4.06. The molecule has 7 heteroatoms. The van der Waals surface area contributed by atoms with Crippen molar-refractivity contribution in [2.24, 2.45) is 0 Å². The molecule has 1 aliphatic heterocycles. The summed E-state index contributed by atoms with van der Waals surface area (Å²) in [6.07, 6.45) is 0.813. The van der Waals surface area contributed by atoms with Crippen molar-refractivity contribution in [3.63, 3.8) is 0 Å². The number of hydrogen-bond acceptors (Lipinski definition) is 4. The zero-order valence-corrected chi connectivity index (χ0v) is 19.5. The van der Waals surface area contributed by atoms with Crippen LogP contribution in [0, 0.1) is 0 Å². The second kappa shape index (κ2) is 10.3. The van der Waals surface area contributed by atoms with E-state index in [9.17, 15) is 9.59 Å². The first-order valence-corrected chi connectivity index (χ1v) is 11.4. The number of halogens is 1. The van der Waals surface area contributed by atoms with E-state index in [2.05, 4.69) is 30.1 Å². The SMILES string of the molecule is CCN(CC)CCNC(=O)c1cc(-c2ccccc2)c(=O)n2c1-c1sccc1CC2.Cl. The van der Waals surface area contributed by atoms with Gasteiger partial charge in [-0.25, -0.2) is 0 Å². The molecule has 0 saturated heterocycles. The normalized spacial score (nSPS) is 12.1. The standard InChI is InChI=1S/C24H27N3O2S.ClH/c1-3-26(4-2)14-12-25-23(28)20-16-19(17-8-6-5-7-9-17)24(29)27-13-10-18-11-15-30-22(18)21(20)27;/h5-9,11,15-16H,3-4,10,12-14H2,1-2H3,(H,25,28);1H. The van der Waals surface area contributed by atoms with Crippen LogP contribution in [0.3, 0.4) is 0 Å². The van der Waals surface area contributed by atoms with Crippen molar-refractivity contribution in [1.29, 1.82) is 0 Å². The van der Waals surface area contributed by atoms with Gasteiger partial charge in [-0.3, -0.25) is 9.59 Å². The molecule has 1 aliphatic rings. The highest BCUT2D eigenvalue weighted by Gasteiger charge is 2.26. The Balaban J connectivity index is 0.00000272. The highest BCUT2D eigenvalue weighted by molar-refractivity contribution is 7.13. The number of aryl methyl sites for hydroxylation is 1. The number of hydrogen-bond donors (Lipinski definition) is 1. The van der Waals surface area contributed by atoms with Gasteiger partial charge in [-0.05, 0) is 48.2 Å². The average molecular weight is 458 g/mol. The molecule has 2 aromatic heterocycles. The Morgan fingerprint density at radius 3 is 2.61 bits per heavy atom. The van der Waals surface area contributed by atoms with E-state index in [0.29, 0.717) is 24.2 Å². The molecular weight excluding hydrogens is 430 g/mol. The molecule has 0 atom stereocenters. The van der Waals surface area contributed by atoms with E-state index in [1.807, 2.05) is 35.7 Å². The first-order valence-electron chi connectivity index (χ1n) is 10.5. The predicted molar refractivity (Wildman–Crippen MR) is 131 cm³/mol. The van der Waals surface area contributed by atoms with E-state index >= 15 is 0 Å². The summed E-state index contributed by atoms with van der Waals surface area (Å²) in [6, 6.07) is 13.5. The lowest BCUT2D eigenvalue weighted by molar-refractivity contribution is 0.0949. The molecule has 0 radical (unpaired) electrons. The summed E-state index contributed by atoms with van der Waals surface area (Å²) < 4.78 is 1.79. The van der Waals surface area contributed by atoms with Gasteiger partial charge in [-0.1, -0.05) is 44.2 Å². The first kappa shape index (κ1) is 23.3. The molecule has 3 aromatic rings. The molecule has 3 heterocycles. The Morgan fingerprint density at radius 1 is 1.16 bits per heavy atom. The molecular formula is C24H28ClN3O2S. The minimum absolute atomic E-state index is 0. The van der Waals surface area contributed by atoms with Crippen molar-refractivity contribution in [2.75, 3.05) is 26.2 Å². The zero-order chi connectivity index (χ0) is 21.1. The summed E-state index contributed by atoms with van der Waals surface area (Å²) in [4.78, 5) is 29.9. The van der Waals surface area contributed by atoms with Gasteiger partial charge >= 0.3 is 0 Å². The van der Waals surface area contributed by atoms with Gasteiger partial charge in [0, 0.05) is 25.2 Å². The number of carbonyl (C=O) groups is 1. The highest BCUT2D eigenvalue weighted by atomic mass is 35.5. The van der Waals surface area contributed by atoms with Gasteiger partial charge in [0.1, 0.15) is 0 Å². The lowest BCUT2D eigenvalue weighted by Crippen LogP contribution is -2.36. The number of thiophene rings is 1. The van der Waals surface area contributed by atoms with Crippen LogP contribution in [0.2, 0.25) is 0 Å². The van der Waals surface area contributed by atoms with Crippen LogP contribution in [0.25, 0.3) is 21.7 Å². The van der Waals surface area contributed by atoms with Crippen molar-refractivity contribution in [2.45, 2.75) is 26.8 Å². The maximum atomic E-state index is 13.3. The third-order valence-electron chi connectivity index (χ3n) is 5.79. The Hall–Kier alpha value is -2.41. The number of aromatic nitrogens is 1. The lowest BCUT2D eigenvalue weighted by Gasteiger charge is -2.23. The first-order chi connectivity index (χ1) is 14.6. The van der Waals surface area contributed by atoms with E-state index in [1.54, 1.807) is 22.0 Å². The molecule has 164 valence electrons. The number of rotatable bonds is 7. The largest absolute Gasteiger partial charge is 0.351 e. The maximum absolute atomic E-state index is 13.3. The number of fused-ring (bicyclic) bond motifs is 3. The van der Waals surface area contributed by atoms with Gasteiger partial charge in [0.15, 0.2) is 0 Å². The summed E-state index contributed by atoms with van der Waals surface area (Å²) in [7, 11) is 0. The molecule has 4 rings (SSSR count). The number of nitrogens with zero attached hydrogens (tertiary/aromatic N) is 2. The summed E-state index contributed by atoms with van der Waals surface area (Å²) in [5.41, 5.74) is 3.94. The van der Waals surface area contributed by atoms with Crippen molar-refractivity contribution >= 4 is 29.7 Å². The number of likely N-dealkylation sites (N-methyl/N-ethyl adjacent to an activating group) is 1. The molecule has 1 amide bonds. The third kappa shape index (κ3) is 4.61. The van der Waals surface area contributed by atoms with E-state index in [4.69, 9.17) is 0 Å². The van der Waals surface area contributed by atoms with Crippen molar-refractivity contribution in [3.05, 3.63) is 69.3 Å². The summed E-state index contributed by atoms with van der Waals surface area (Å²) in [6.45, 7) is 8.14. The van der Waals surface area contributed by atoms with Crippen LogP contribution in [0.1, 0.15) is 29.8 Å². The number of carbonyl (C=O) groups excluding carboxylic acids is 1. The molecule has 1 N–H and O–H groups in total. The molecule has 0 saturated carbocycles. The van der Waals surface area contributed by atoms with Crippen LogP contribution < -0.4 is 10.9 Å². The molecule has 0 spiro atoms. The summed E-state index contributed by atoms with van der Waals surface area (Å²) >= 11 is 1.60. The summed E-state index contributed by atoms with van der Waals surface area (Å²) in [5, 5.41) is 5.12. The highest BCUT2D eigenvalue weighted by Crippen LogP contribution is 2.36.